The van der Waals surface area contributed by atoms with Gasteiger partial charge in [-0.1, -0.05) is 22.6 Å². The van der Waals surface area contributed by atoms with Crippen LogP contribution in [0.3, 0.4) is 0 Å². The molecule has 5 aliphatic rings. The molecule has 0 spiro atoms. The van der Waals surface area contributed by atoms with E-state index in [1.54, 1.807) is 4.90 Å². The molecule has 0 aliphatic carbocycles. The number of fused-ring (bicyclic) bond motifs is 1. The van der Waals surface area contributed by atoms with Crippen LogP contribution in [0.5, 0.6) is 0 Å². The number of piperidine rings is 3. The molecule has 7 rings (SSSR count). The highest BCUT2D eigenvalue weighted by molar-refractivity contribution is 8.12. The first-order valence-electron chi connectivity index (χ1n) is 19.3. The van der Waals surface area contributed by atoms with Crippen molar-refractivity contribution in [1.29, 1.82) is 0 Å². The van der Waals surface area contributed by atoms with E-state index in [1.165, 1.54) is 23.4 Å². The molecule has 5 heterocycles. The summed E-state index contributed by atoms with van der Waals surface area (Å²) in [4.78, 5) is 59.9. The van der Waals surface area contributed by atoms with Gasteiger partial charge in [-0.2, -0.15) is 0 Å². The summed E-state index contributed by atoms with van der Waals surface area (Å²) in [5.74, 6) is 4.49. The Balaban J connectivity index is 0.843. The number of anilines is 2. The third-order valence-corrected chi connectivity index (χ3v) is 13.1. The second-order valence-corrected chi connectivity index (χ2v) is 17.9. The number of nitrogens with zero attached hydrogens (tertiary/aromatic N) is 5. The predicted molar refractivity (Wildman–Crippen MR) is 209 cm³/mol. The Morgan fingerprint density at radius 2 is 1.58 bits per heavy atom. The van der Waals surface area contributed by atoms with Crippen LogP contribution >= 0.6 is 10.7 Å². The molecule has 5 aliphatic heterocycles. The SMILES string of the molecule is C=S(c1cccc(N2CCC(CN3CCN(c4ccc5c(c4)CN(C4CCC(=O)NC4=O)C5=O)CC3)CC2)c1)N1CCC(NC(=O)OC(C)(C)C)CC1. The fraction of sp³-hybridized carbons (Fsp3) is 0.575. The van der Waals surface area contributed by atoms with Gasteiger partial charge in [0.15, 0.2) is 0 Å². The van der Waals surface area contributed by atoms with Crippen molar-refractivity contribution >= 4 is 51.7 Å². The third-order valence-electron chi connectivity index (χ3n) is 11.3. The number of imide groups is 1. The second-order valence-electron chi connectivity index (χ2n) is 16.2. The zero-order valence-electron chi connectivity index (χ0n) is 31.5. The smallest absolute Gasteiger partial charge is 0.407 e. The van der Waals surface area contributed by atoms with Gasteiger partial charge in [0.1, 0.15) is 11.6 Å². The van der Waals surface area contributed by atoms with Gasteiger partial charge in [-0.3, -0.25) is 28.9 Å². The molecule has 0 saturated carbocycles. The lowest BCUT2D eigenvalue weighted by Gasteiger charge is -2.40. The number of piperazine rings is 1. The van der Waals surface area contributed by atoms with E-state index in [1.807, 2.05) is 32.9 Å². The number of carbonyl (C=O) groups excluding carboxylic acids is 4. The van der Waals surface area contributed by atoms with Crippen LogP contribution in [-0.4, -0.2) is 120 Å². The van der Waals surface area contributed by atoms with Gasteiger partial charge in [-0.25, -0.2) is 4.79 Å². The van der Waals surface area contributed by atoms with Crippen LogP contribution in [-0.2, 0) is 20.9 Å². The van der Waals surface area contributed by atoms with Gasteiger partial charge in [-0.05, 0) is 101 Å². The normalized spacial score (nSPS) is 23.2. The largest absolute Gasteiger partial charge is 0.444 e. The van der Waals surface area contributed by atoms with Gasteiger partial charge in [0.25, 0.3) is 5.91 Å². The Hall–Kier alpha value is -3.94. The van der Waals surface area contributed by atoms with Gasteiger partial charge in [-0.15, -0.1) is 0 Å². The van der Waals surface area contributed by atoms with E-state index in [2.05, 4.69) is 65.8 Å². The van der Waals surface area contributed by atoms with E-state index in [0.29, 0.717) is 24.4 Å². The first-order valence-corrected chi connectivity index (χ1v) is 20.6. The summed E-state index contributed by atoms with van der Waals surface area (Å²) < 4.78 is 7.89. The number of ether oxygens (including phenoxy) is 1. The number of carbonyl (C=O) groups is 4. The Labute approximate surface area is 316 Å². The molecule has 2 aromatic carbocycles. The van der Waals surface area contributed by atoms with Gasteiger partial charge in [0.05, 0.1) is 0 Å². The summed E-state index contributed by atoms with van der Waals surface area (Å²) in [6.45, 7) is 15.0. The van der Waals surface area contributed by atoms with E-state index in [-0.39, 0.29) is 46.9 Å². The summed E-state index contributed by atoms with van der Waals surface area (Å²) in [5, 5.41) is 5.42. The van der Waals surface area contributed by atoms with Crippen LogP contribution in [0.2, 0.25) is 0 Å². The minimum atomic E-state index is -0.588. The van der Waals surface area contributed by atoms with Crippen LogP contribution in [0.4, 0.5) is 16.2 Å². The first kappa shape index (κ1) is 37.4. The summed E-state index contributed by atoms with van der Waals surface area (Å²) >= 11 is 0. The number of alkyl carbamates (subject to hydrolysis) is 1. The summed E-state index contributed by atoms with van der Waals surface area (Å²) in [7, 11) is -0.254. The number of nitrogens with one attached hydrogen (secondary N) is 2. The Morgan fingerprint density at radius 3 is 2.28 bits per heavy atom. The predicted octanol–water partition coefficient (Wildman–Crippen LogP) is 4.45. The average molecular weight is 746 g/mol. The van der Waals surface area contributed by atoms with Crippen molar-refractivity contribution in [2.75, 3.05) is 68.7 Å². The third kappa shape index (κ3) is 8.90. The van der Waals surface area contributed by atoms with Crippen LogP contribution in [0.25, 0.3) is 0 Å². The lowest BCUT2D eigenvalue weighted by molar-refractivity contribution is -0.136. The monoisotopic (exact) mass is 745 g/mol. The van der Waals surface area contributed by atoms with E-state index in [0.717, 1.165) is 83.0 Å². The van der Waals surface area contributed by atoms with Crippen molar-refractivity contribution in [3.63, 3.8) is 0 Å². The number of benzene rings is 2. The van der Waals surface area contributed by atoms with Crippen molar-refractivity contribution < 1.29 is 23.9 Å². The number of hydrogen-bond acceptors (Lipinski definition) is 9. The molecule has 0 aromatic heterocycles. The van der Waals surface area contributed by atoms with Gasteiger partial charge >= 0.3 is 6.09 Å². The van der Waals surface area contributed by atoms with Crippen LogP contribution in [0.15, 0.2) is 47.4 Å². The van der Waals surface area contributed by atoms with Crippen molar-refractivity contribution in [1.82, 2.24) is 24.7 Å². The molecule has 2 unspecified atom stereocenters. The van der Waals surface area contributed by atoms with E-state index in [9.17, 15) is 19.2 Å². The second kappa shape index (κ2) is 15.8. The Morgan fingerprint density at radius 1 is 0.887 bits per heavy atom. The highest BCUT2D eigenvalue weighted by atomic mass is 32.2. The maximum absolute atomic E-state index is 13.1. The van der Waals surface area contributed by atoms with E-state index >= 15 is 0 Å². The fourth-order valence-corrected chi connectivity index (χ4v) is 9.80. The molecule has 4 fully saturated rings. The van der Waals surface area contributed by atoms with Gasteiger partial charge in [0.2, 0.25) is 11.8 Å². The highest BCUT2D eigenvalue weighted by Gasteiger charge is 2.39. The quantitative estimate of drug-likeness (QED) is 0.299. The molecule has 4 saturated heterocycles. The number of amides is 4. The molecule has 2 N–H and O–H groups in total. The molecule has 13 heteroatoms. The fourth-order valence-electron chi connectivity index (χ4n) is 8.36. The minimum absolute atomic E-state index is 0.125. The molecular weight excluding hydrogens is 691 g/mol. The summed E-state index contributed by atoms with van der Waals surface area (Å²) in [6, 6.07) is 14.6. The van der Waals surface area contributed by atoms with Crippen molar-refractivity contribution in [2.24, 2.45) is 5.92 Å². The van der Waals surface area contributed by atoms with Crippen molar-refractivity contribution in [3.8, 4) is 0 Å². The Bertz CT molecular complexity index is 1720. The molecule has 286 valence electrons. The summed E-state index contributed by atoms with van der Waals surface area (Å²) in [6.07, 6.45) is 4.45. The standard InChI is InChI=1S/C40H55N7O5S/c1-40(2,3)52-39(51)41-30-14-18-46(19-15-30)53(4)33-7-5-6-31(25-33)44-16-12-28(13-17-44)26-43-20-22-45(23-21-43)32-8-9-34-29(24-32)27-47(38(34)50)35-10-11-36(48)42-37(35)49/h5-9,24-25,28,30,35H,4,10-23,26-27H2,1-3H3,(H,41,51)(H,42,48,49). The van der Waals surface area contributed by atoms with Crippen LogP contribution in [0, 0.1) is 5.92 Å². The summed E-state index contributed by atoms with van der Waals surface area (Å²) in [5.41, 5.74) is 3.53. The molecule has 2 aromatic rings. The number of rotatable bonds is 8. The lowest BCUT2D eigenvalue weighted by atomic mass is 9.95. The van der Waals surface area contributed by atoms with Crippen molar-refractivity contribution in [2.45, 2.75) is 88.4 Å². The van der Waals surface area contributed by atoms with E-state index < -0.39 is 11.6 Å². The zero-order chi connectivity index (χ0) is 37.3. The maximum atomic E-state index is 13.1. The maximum Gasteiger partial charge on any atom is 0.407 e. The lowest BCUT2D eigenvalue weighted by Crippen LogP contribution is -2.52. The zero-order valence-corrected chi connectivity index (χ0v) is 32.3. The topological polar surface area (TPSA) is 118 Å². The van der Waals surface area contributed by atoms with Crippen LogP contribution < -0.4 is 20.4 Å². The Kier molecular flexibility index (Phi) is 11.1. The number of hydrogen-bond donors (Lipinski definition) is 2. The molecule has 0 radical (unpaired) electrons. The van der Waals surface area contributed by atoms with E-state index in [4.69, 9.17) is 4.74 Å². The van der Waals surface area contributed by atoms with Crippen LogP contribution in [0.1, 0.15) is 75.2 Å². The van der Waals surface area contributed by atoms with Gasteiger partial charge in [0, 0.05) is 99.7 Å². The van der Waals surface area contributed by atoms with Gasteiger partial charge < -0.3 is 24.8 Å². The molecule has 12 nitrogen and oxygen atoms in total. The molecule has 2 atom stereocenters. The molecule has 4 amide bonds. The van der Waals surface area contributed by atoms with Crippen molar-refractivity contribution in [3.05, 3.63) is 53.6 Å². The average Bonchev–Trinajstić information content (AvgIpc) is 3.46. The molecule has 53 heavy (non-hydrogen) atoms. The first-order chi connectivity index (χ1) is 25.4. The highest BCUT2D eigenvalue weighted by Crippen LogP contribution is 2.36. The molecular formula is C40H55N7O5S. The minimum Gasteiger partial charge on any atom is -0.444 e. The molecule has 0 bridgehead atoms.